The second-order valence-electron chi connectivity index (χ2n) is 10.0. The van der Waals surface area contributed by atoms with Gasteiger partial charge in [-0.1, -0.05) is 27.7 Å². The van der Waals surface area contributed by atoms with Crippen LogP contribution in [0.5, 0.6) is 0 Å². The minimum absolute atomic E-state index is 0.0500. The topological polar surface area (TPSA) is 108 Å². The molecular weight excluding hydrogens is 489 g/mol. The first-order valence-corrected chi connectivity index (χ1v) is 12.0. The lowest BCUT2D eigenvalue weighted by Gasteiger charge is -2.26. The molecule has 1 fully saturated rings. The number of anilines is 1. The summed E-state index contributed by atoms with van der Waals surface area (Å²) in [4.78, 5) is 32.6. The van der Waals surface area contributed by atoms with Crippen LogP contribution in [-0.2, 0) is 0 Å². The summed E-state index contributed by atoms with van der Waals surface area (Å²) in [6.07, 6.45) is -1.04. The molecule has 3 aromatic rings. The van der Waals surface area contributed by atoms with E-state index >= 15 is 0 Å². The molecule has 0 bridgehead atoms. The normalized spacial score (nSPS) is 18.0. The van der Waals surface area contributed by atoms with E-state index in [9.17, 15) is 33.0 Å². The molecule has 3 heterocycles. The number of halogens is 3. The van der Waals surface area contributed by atoms with Crippen molar-refractivity contribution in [1.29, 1.82) is 0 Å². The lowest BCUT2D eigenvalue weighted by molar-refractivity contribution is 0.0572. The van der Waals surface area contributed by atoms with Crippen molar-refractivity contribution in [1.82, 2.24) is 14.9 Å². The maximum atomic E-state index is 14.9. The number of fused-ring (bicyclic) bond motifs is 1. The Morgan fingerprint density at radius 3 is 2.14 bits per heavy atom. The van der Waals surface area contributed by atoms with Crippen LogP contribution in [-0.4, -0.2) is 57.0 Å². The molecule has 198 valence electrons. The number of pyridine rings is 2. The first kappa shape index (κ1) is 26.6. The molecule has 2 aromatic heterocycles. The summed E-state index contributed by atoms with van der Waals surface area (Å²) in [5.41, 5.74) is -1.94. The van der Waals surface area contributed by atoms with Crippen LogP contribution in [0.3, 0.4) is 0 Å². The van der Waals surface area contributed by atoms with Crippen molar-refractivity contribution in [3.8, 4) is 5.69 Å². The van der Waals surface area contributed by atoms with Gasteiger partial charge in [-0.3, -0.25) is 14.2 Å². The Labute approximate surface area is 211 Å². The van der Waals surface area contributed by atoms with Crippen LogP contribution in [0.15, 0.2) is 35.3 Å². The number of aromatic nitrogens is 2. The molecule has 37 heavy (non-hydrogen) atoms. The minimum Gasteiger partial charge on any atom is -0.389 e. The number of rotatable bonds is 6. The molecule has 11 heteroatoms. The maximum absolute atomic E-state index is 14.9. The SMILES string of the molecule is CC(C)C(NC(=O)c1cn(-c2c(F)cc(F)cc2F)c2nc(N3C[C@@H](O)[C@H](O)C3)ccc2c1=O)C(C)C. The highest BCUT2D eigenvalue weighted by molar-refractivity contribution is 5.97. The summed E-state index contributed by atoms with van der Waals surface area (Å²) in [7, 11) is 0. The summed E-state index contributed by atoms with van der Waals surface area (Å²) in [6.45, 7) is 7.79. The molecule has 0 spiro atoms. The summed E-state index contributed by atoms with van der Waals surface area (Å²) in [6, 6.07) is 3.54. The van der Waals surface area contributed by atoms with E-state index in [4.69, 9.17) is 0 Å². The first-order valence-electron chi connectivity index (χ1n) is 12.0. The van der Waals surface area contributed by atoms with E-state index in [1.807, 2.05) is 27.7 Å². The number of hydrogen-bond donors (Lipinski definition) is 3. The van der Waals surface area contributed by atoms with Gasteiger partial charge in [0.25, 0.3) is 5.91 Å². The zero-order chi connectivity index (χ0) is 27.2. The van der Waals surface area contributed by atoms with E-state index in [1.54, 1.807) is 4.90 Å². The zero-order valence-corrected chi connectivity index (χ0v) is 20.9. The highest BCUT2D eigenvalue weighted by atomic mass is 19.1. The van der Waals surface area contributed by atoms with E-state index in [0.717, 1.165) is 10.8 Å². The summed E-state index contributed by atoms with van der Waals surface area (Å²) in [5.74, 6) is -4.03. The first-order chi connectivity index (χ1) is 17.4. The fourth-order valence-electron chi connectivity index (χ4n) is 4.76. The summed E-state index contributed by atoms with van der Waals surface area (Å²) >= 11 is 0. The van der Waals surface area contributed by atoms with Gasteiger partial charge in [0.1, 0.15) is 22.9 Å². The Kier molecular flexibility index (Phi) is 7.29. The van der Waals surface area contributed by atoms with Gasteiger partial charge >= 0.3 is 0 Å². The van der Waals surface area contributed by atoms with Crippen LogP contribution < -0.4 is 15.6 Å². The number of benzene rings is 1. The van der Waals surface area contributed by atoms with E-state index < -0.39 is 46.7 Å². The number of hydrogen-bond acceptors (Lipinski definition) is 6. The number of amides is 1. The van der Waals surface area contributed by atoms with Crippen molar-refractivity contribution >= 4 is 22.8 Å². The molecule has 0 unspecified atom stereocenters. The van der Waals surface area contributed by atoms with E-state index in [-0.39, 0.29) is 53.4 Å². The molecule has 1 saturated heterocycles. The van der Waals surface area contributed by atoms with Crippen molar-refractivity contribution in [3.05, 3.63) is 63.7 Å². The van der Waals surface area contributed by atoms with Crippen LogP contribution >= 0.6 is 0 Å². The minimum atomic E-state index is -1.25. The second-order valence-corrected chi connectivity index (χ2v) is 10.0. The number of nitrogens with zero attached hydrogens (tertiary/aromatic N) is 3. The largest absolute Gasteiger partial charge is 0.389 e. The lowest BCUT2D eigenvalue weighted by atomic mass is 9.93. The van der Waals surface area contributed by atoms with E-state index in [1.165, 1.54) is 12.1 Å². The Bertz CT molecular complexity index is 1370. The highest BCUT2D eigenvalue weighted by Crippen LogP contribution is 2.26. The number of aliphatic hydroxyl groups excluding tert-OH is 2. The number of carbonyl (C=O) groups is 1. The van der Waals surface area contributed by atoms with Gasteiger partial charge in [-0.2, -0.15) is 0 Å². The number of nitrogens with one attached hydrogen (secondary N) is 1. The molecule has 1 amide bonds. The van der Waals surface area contributed by atoms with Gasteiger partial charge in [-0.25, -0.2) is 18.2 Å². The summed E-state index contributed by atoms with van der Waals surface area (Å²) < 4.78 is 44.4. The third kappa shape index (κ3) is 5.05. The fraction of sp³-hybridized carbons (Fsp3) is 0.423. The molecule has 1 aliphatic heterocycles. The van der Waals surface area contributed by atoms with Crippen molar-refractivity contribution in [2.24, 2.45) is 11.8 Å². The van der Waals surface area contributed by atoms with Gasteiger partial charge < -0.3 is 20.4 Å². The zero-order valence-electron chi connectivity index (χ0n) is 20.9. The van der Waals surface area contributed by atoms with Crippen molar-refractivity contribution < 1.29 is 28.2 Å². The standard InChI is InChI=1S/C26H29F3N4O4/c1-12(2)22(13(3)4)31-26(37)16-9-33(23-17(28)7-14(27)8-18(23)29)25-15(24(16)36)5-6-21(30-25)32-10-19(34)20(35)11-32/h5-9,12-13,19-20,22,34-35H,10-11H2,1-4H3,(H,31,37)/t19-,20-/m1/s1. The average Bonchev–Trinajstić information content (AvgIpc) is 3.15. The fourth-order valence-corrected chi connectivity index (χ4v) is 4.76. The molecule has 0 aliphatic carbocycles. The molecule has 0 radical (unpaired) electrons. The van der Waals surface area contributed by atoms with Crippen molar-refractivity contribution in [2.75, 3.05) is 18.0 Å². The quantitative estimate of drug-likeness (QED) is 0.463. The number of aliphatic hydroxyl groups is 2. The maximum Gasteiger partial charge on any atom is 0.257 e. The monoisotopic (exact) mass is 518 g/mol. The third-order valence-corrected chi connectivity index (χ3v) is 6.62. The molecule has 3 N–H and O–H groups in total. The number of carbonyl (C=O) groups excluding carboxylic acids is 1. The van der Waals surface area contributed by atoms with Crippen LogP contribution in [0.25, 0.3) is 16.7 Å². The van der Waals surface area contributed by atoms with Crippen molar-refractivity contribution in [3.63, 3.8) is 0 Å². The molecule has 4 rings (SSSR count). The van der Waals surface area contributed by atoms with Gasteiger partial charge in [0.05, 0.1) is 17.6 Å². The molecular formula is C26H29F3N4O4. The number of β-amino-alcohol motifs (C(OH)–C–C–N with tert-alkyl or cyclic N) is 2. The Hall–Kier alpha value is -3.44. The van der Waals surface area contributed by atoms with Crippen LogP contribution in [0.2, 0.25) is 0 Å². The van der Waals surface area contributed by atoms with Crippen LogP contribution in [0, 0.1) is 29.3 Å². The van der Waals surface area contributed by atoms with E-state index in [0.29, 0.717) is 12.1 Å². The Morgan fingerprint density at radius 2 is 1.59 bits per heavy atom. The van der Waals surface area contributed by atoms with Gasteiger partial charge in [-0.05, 0) is 24.0 Å². The van der Waals surface area contributed by atoms with Gasteiger partial charge in [0.15, 0.2) is 17.3 Å². The smallest absolute Gasteiger partial charge is 0.257 e. The molecule has 1 aromatic carbocycles. The summed E-state index contributed by atoms with van der Waals surface area (Å²) in [5, 5.41) is 22.6. The van der Waals surface area contributed by atoms with Gasteiger partial charge in [0, 0.05) is 37.5 Å². The second kappa shape index (κ2) is 10.1. The Morgan fingerprint density at radius 1 is 1.03 bits per heavy atom. The molecule has 0 saturated carbocycles. The molecule has 1 aliphatic rings. The molecule has 2 atom stereocenters. The van der Waals surface area contributed by atoms with Crippen LogP contribution in [0.1, 0.15) is 38.1 Å². The van der Waals surface area contributed by atoms with Gasteiger partial charge in [0.2, 0.25) is 5.43 Å². The third-order valence-electron chi connectivity index (χ3n) is 6.62. The predicted octanol–water partition coefficient (Wildman–Crippen LogP) is 2.76. The predicted molar refractivity (Wildman–Crippen MR) is 132 cm³/mol. The average molecular weight is 519 g/mol. The van der Waals surface area contributed by atoms with Crippen LogP contribution in [0.4, 0.5) is 19.0 Å². The lowest BCUT2D eigenvalue weighted by Crippen LogP contribution is -2.43. The van der Waals surface area contributed by atoms with Gasteiger partial charge in [-0.15, -0.1) is 0 Å². The van der Waals surface area contributed by atoms with E-state index in [2.05, 4.69) is 10.3 Å². The van der Waals surface area contributed by atoms with Crippen molar-refractivity contribution in [2.45, 2.75) is 45.9 Å². The molecule has 8 nitrogen and oxygen atoms in total. The highest BCUT2D eigenvalue weighted by Gasteiger charge is 2.31. The Balaban J connectivity index is 1.94.